The Kier molecular flexibility index (Phi) is 11.4. The van der Waals surface area contributed by atoms with Crippen molar-refractivity contribution in [1.29, 1.82) is 0 Å². The number of oxazole rings is 2. The standard InChI is InChI=1S/C64H62N4O2/c1-61(2,3)48-37-46(59-67-54-20-13-15-22-56(54)69-59)50(63(7,8)9)35-44(48)40-26-24-39(25-27-40)43-32-33-53(52-19-17-18-34-65-52)66-58(43)42-30-28-41(29-31-42)45-36-51(64(10,11)12)47(38-49(45)62(4,5)6)60-68-55-21-14-16-23-57(55)70-60/h13-38H,1-12H3. The molecule has 0 saturated carbocycles. The van der Waals surface area contributed by atoms with Crippen molar-refractivity contribution in [1.82, 2.24) is 19.9 Å². The number of pyridine rings is 2. The molecule has 0 spiro atoms. The van der Waals surface area contributed by atoms with Gasteiger partial charge in [0.25, 0.3) is 0 Å². The summed E-state index contributed by atoms with van der Waals surface area (Å²) in [5.41, 5.74) is 19.9. The van der Waals surface area contributed by atoms with Crippen molar-refractivity contribution in [2.75, 3.05) is 0 Å². The number of benzene rings is 6. The van der Waals surface area contributed by atoms with Gasteiger partial charge in [0, 0.05) is 28.5 Å². The summed E-state index contributed by atoms with van der Waals surface area (Å²) in [5, 5.41) is 0. The Hall–Kier alpha value is -7.44. The van der Waals surface area contributed by atoms with Gasteiger partial charge >= 0.3 is 0 Å². The van der Waals surface area contributed by atoms with Crippen LogP contribution in [0.4, 0.5) is 0 Å². The normalized spacial score (nSPS) is 12.6. The van der Waals surface area contributed by atoms with Crippen LogP contribution in [0.2, 0.25) is 0 Å². The smallest absolute Gasteiger partial charge is 0.227 e. The van der Waals surface area contributed by atoms with Gasteiger partial charge in [0.2, 0.25) is 11.8 Å². The van der Waals surface area contributed by atoms with Crippen molar-refractivity contribution in [2.45, 2.75) is 105 Å². The molecule has 350 valence electrons. The highest BCUT2D eigenvalue weighted by molar-refractivity contribution is 5.87. The lowest BCUT2D eigenvalue weighted by molar-refractivity contribution is 0.570. The minimum atomic E-state index is -0.180. The molecule has 0 aliphatic heterocycles. The molecule has 0 amide bonds. The molecule has 10 aromatic rings. The van der Waals surface area contributed by atoms with Crippen molar-refractivity contribution < 1.29 is 8.83 Å². The van der Waals surface area contributed by atoms with Gasteiger partial charge in [0.05, 0.1) is 17.1 Å². The highest BCUT2D eigenvalue weighted by atomic mass is 16.4. The second-order valence-corrected chi connectivity index (χ2v) is 22.8. The van der Waals surface area contributed by atoms with Crippen molar-refractivity contribution in [3.05, 3.63) is 180 Å². The fourth-order valence-corrected chi connectivity index (χ4v) is 9.69. The molecule has 0 N–H and O–H groups in total. The fraction of sp³-hybridized carbons (Fsp3) is 0.250. The van der Waals surface area contributed by atoms with E-state index in [-0.39, 0.29) is 21.7 Å². The van der Waals surface area contributed by atoms with E-state index in [0.29, 0.717) is 11.8 Å². The first-order valence-electron chi connectivity index (χ1n) is 24.4. The van der Waals surface area contributed by atoms with Crippen molar-refractivity contribution in [2.24, 2.45) is 0 Å². The van der Waals surface area contributed by atoms with Crippen LogP contribution in [0.15, 0.2) is 167 Å². The third-order valence-corrected chi connectivity index (χ3v) is 13.4. The van der Waals surface area contributed by atoms with E-state index in [4.69, 9.17) is 28.8 Å². The summed E-state index contributed by atoms with van der Waals surface area (Å²) in [6.07, 6.45) is 1.82. The minimum Gasteiger partial charge on any atom is -0.436 e. The summed E-state index contributed by atoms with van der Waals surface area (Å²) in [5.74, 6) is 1.30. The number of para-hydroxylation sites is 4. The number of nitrogens with zero attached hydrogens (tertiary/aromatic N) is 4. The lowest BCUT2D eigenvalue weighted by Gasteiger charge is -2.29. The van der Waals surface area contributed by atoms with Crippen LogP contribution < -0.4 is 0 Å². The Morgan fingerprint density at radius 1 is 0.329 bits per heavy atom. The maximum Gasteiger partial charge on any atom is 0.227 e. The summed E-state index contributed by atoms with van der Waals surface area (Å²) < 4.78 is 12.8. The fourth-order valence-electron chi connectivity index (χ4n) is 9.69. The number of hydrogen-bond acceptors (Lipinski definition) is 6. The molecule has 0 saturated heterocycles. The summed E-state index contributed by atoms with van der Waals surface area (Å²) in [6, 6.07) is 53.5. The second kappa shape index (κ2) is 17.2. The van der Waals surface area contributed by atoms with E-state index in [1.807, 2.05) is 72.9 Å². The maximum absolute atomic E-state index is 6.42. The number of rotatable bonds is 7. The number of aromatic nitrogens is 4. The summed E-state index contributed by atoms with van der Waals surface area (Å²) in [6.45, 7) is 27.2. The topological polar surface area (TPSA) is 77.8 Å². The Morgan fingerprint density at radius 2 is 0.714 bits per heavy atom. The van der Waals surface area contributed by atoms with Crippen molar-refractivity contribution in [3.63, 3.8) is 0 Å². The van der Waals surface area contributed by atoms with Gasteiger partial charge in [-0.15, -0.1) is 0 Å². The molecule has 6 aromatic carbocycles. The number of hydrogen-bond donors (Lipinski definition) is 0. The quantitative estimate of drug-likeness (QED) is 0.158. The van der Waals surface area contributed by atoms with E-state index >= 15 is 0 Å². The van der Waals surface area contributed by atoms with Crippen LogP contribution in [0.25, 0.3) is 101 Å². The monoisotopic (exact) mass is 918 g/mol. The zero-order valence-electron chi connectivity index (χ0n) is 42.6. The van der Waals surface area contributed by atoms with Gasteiger partial charge < -0.3 is 8.83 Å². The van der Waals surface area contributed by atoms with Gasteiger partial charge in [0.1, 0.15) is 11.0 Å². The molecule has 0 aliphatic rings. The van der Waals surface area contributed by atoms with Crippen LogP contribution >= 0.6 is 0 Å². The molecule has 0 aliphatic carbocycles. The highest BCUT2D eigenvalue weighted by Crippen LogP contribution is 2.46. The van der Waals surface area contributed by atoms with Gasteiger partial charge in [-0.3, -0.25) is 4.98 Å². The third-order valence-electron chi connectivity index (χ3n) is 13.4. The van der Waals surface area contributed by atoms with E-state index in [0.717, 1.165) is 78.2 Å². The molecule has 0 radical (unpaired) electrons. The number of fused-ring (bicyclic) bond motifs is 2. The van der Waals surface area contributed by atoms with Crippen LogP contribution in [-0.4, -0.2) is 19.9 Å². The molecule has 4 aromatic heterocycles. The van der Waals surface area contributed by atoms with Crippen LogP contribution in [0.3, 0.4) is 0 Å². The summed E-state index contributed by atoms with van der Waals surface area (Å²) in [4.78, 5) is 20.0. The van der Waals surface area contributed by atoms with E-state index in [1.165, 1.54) is 33.4 Å². The molecule has 0 unspecified atom stereocenters. The van der Waals surface area contributed by atoms with Crippen LogP contribution in [0.5, 0.6) is 0 Å². The maximum atomic E-state index is 6.42. The Labute approximate surface area is 413 Å². The van der Waals surface area contributed by atoms with Crippen LogP contribution in [-0.2, 0) is 21.7 Å². The lowest BCUT2D eigenvalue weighted by atomic mass is 9.75. The molecule has 70 heavy (non-hydrogen) atoms. The molecule has 0 bridgehead atoms. The average molecular weight is 919 g/mol. The first-order chi connectivity index (χ1) is 33.2. The molecule has 0 fully saturated rings. The van der Waals surface area contributed by atoms with Gasteiger partial charge in [-0.1, -0.05) is 162 Å². The van der Waals surface area contributed by atoms with Crippen molar-refractivity contribution in [3.8, 4) is 78.9 Å². The Bertz CT molecular complexity index is 3480. The first-order valence-corrected chi connectivity index (χ1v) is 24.4. The second-order valence-electron chi connectivity index (χ2n) is 22.8. The van der Waals surface area contributed by atoms with Gasteiger partial charge in [-0.2, -0.15) is 0 Å². The largest absolute Gasteiger partial charge is 0.436 e. The molecular formula is C64H62N4O2. The molecule has 6 heteroatoms. The Morgan fingerprint density at radius 3 is 1.13 bits per heavy atom. The molecular weight excluding hydrogens is 857 g/mol. The van der Waals surface area contributed by atoms with E-state index in [2.05, 4.69) is 168 Å². The van der Waals surface area contributed by atoms with Crippen molar-refractivity contribution >= 4 is 22.2 Å². The molecule has 4 heterocycles. The predicted molar refractivity (Wildman–Crippen MR) is 290 cm³/mol. The van der Waals surface area contributed by atoms with E-state index in [1.54, 1.807) is 0 Å². The van der Waals surface area contributed by atoms with Crippen LogP contribution in [0.1, 0.15) is 105 Å². The zero-order chi connectivity index (χ0) is 49.3. The van der Waals surface area contributed by atoms with Gasteiger partial charge in [-0.05, 0) is 145 Å². The molecule has 0 atom stereocenters. The van der Waals surface area contributed by atoms with Crippen LogP contribution in [0, 0.1) is 0 Å². The van der Waals surface area contributed by atoms with Gasteiger partial charge in [-0.25, -0.2) is 15.0 Å². The first kappa shape index (κ1) is 46.3. The zero-order valence-corrected chi connectivity index (χ0v) is 42.6. The minimum absolute atomic E-state index is 0.161. The summed E-state index contributed by atoms with van der Waals surface area (Å²) >= 11 is 0. The van der Waals surface area contributed by atoms with E-state index in [9.17, 15) is 0 Å². The Balaban J connectivity index is 1.07. The van der Waals surface area contributed by atoms with Gasteiger partial charge in [0.15, 0.2) is 11.2 Å². The predicted octanol–water partition coefficient (Wildman–Crippen LogP) is 17.6. The third kappa shape index (κ3) is 8.88. The molecule has 10 rings (SSSR count). The SMILES string of the molecule is CC(C)(C)c1cc(-c2nc3ccccc3o2)c(C(C)(C)C)cc1-c1ccc(-c2ccc(-c3ccccn3)nc2-c2ccc(-c3cc(C(C)(C)C)c(-c4nc5ccccc5o4)cc3C(C)(C)C)cc2)cc1. The molecule has 6 nitrogen and oxygen atoms in total. The van der Waals surface area contributed by atoms with E-state index < -0.39 is 0 Å². The lowest BCUT2D eigenvalue weighted by Crippen LogP contribution is -2.18. The highest BCUT2D eigenvalue weighted by Gasteiger charge is 2.30. The summed E-state index contributed by atoms with van der Waals surface area (Å²) in [7, 11) is 0. The average Bonchev–Trinajstić information content (AvgIpc) is 3.98.